The lowest BCUT2D eigenvalue weighted by Gasteiger charge is -2.38. The molecule has 2 aliphatic heterocycles. The van der Waals surface area contributed by atoms with Gasteiger partial charge in [0.25, 0.3) is 0 Å². The number of carbonyl (C=O) groups is 3. The van der Waals surface area contributed by atoms with Crippen molar-refractivity contribution in [3.05, 3.63) is 0 Å². The van der Waals surface area contributed by atoms with E-state index in [0.29, 0.717) is 70.6 Å². The highest BCUT2D eigenvalue weighted by Crippen LogP contribution is 2.21. The fraction of sp³-hybridized carbons (Fsp3) is 0.857. The Morgan fingerprint density at radius 2 is 1.52 bits per heavy atom. The molecule has 29 heavy (non-hydrogen) atoms. The molecule has 2 heterocycles. The van der Waals surface area contributed by atoms with Gasteiger partial charge in [-0.05, 0) is 32.1 Å². The Kier molecular flexibility index (Phi) is 9.20. The summed E-state index contributed by atoms with van der Waals surface area (Å²) in [6.45, 7) is 14.9. The Labute approximate surface area is 175 Å². The number of carbonyl (C=O) groups excluding carboxylic acids is 3. The number of piperazine rings is 1. The largest absolute Gasteiger partial charge is 0.343 e. The third-order valence-corrected chi connectivity index (χ3v) is 5.97. The number of amides is 4. The van der Waals surface area contributed by atoms with Crippen molar-refractivity contribution in [2.45, 2.75) is 40.5 Å². The lowest BCUT2D eigenvalue weighted by molar-refractivity contribution is -0.135. The topological polar surface area (TPSA) is 76.2 Å². The molecule has 8 nitrogen and oxygen atoms in total. The Hall–Kier alpha value is -1.83. The van der Waals surface area contributed by atoms with Gasteiger partial charge in [-0.2, -0.15) is 0 Å². The summed E-state index contributed by atoms with van der Waals surface area (Å²) in [6.07, 6.45) is 1.52. The molecular weight excluding hydrogens is 370 g/mol. The second kappa shape index (κ2) is 11.4. The Morgan fingerprint density at radius 3 is 2.07 bits per heavy atom. The molecule has 0 aromatic rings. The van der Waals surface area contributed by atoms with E-state index in [-0.39, 0.29) is 17.8 Å². The van der Waals surface area contributed by atoms with Crippen LogP contribution in [-0.4, -0.2) is 103 Å². The summed E-state index contributed by atoms with van der Waals surface area (Å²) in [7, 11) is 0. The lowest BCUT2D eigenvalue weighted by atomic mass is 9.92. The van der Waals surface area contributed by atoms with Gasteiger partial charge in [0.05, 0.1) is 6.54 Å². The Balaban J connectivity index is 1.67. The minimum Gasteiger partial charge on any atom is -0.343 e. The number of rotatable bonds is 7. The number of nitrogens with one attached hydrogen (secondary N) is 1. The maximum Gasteiger partial charge on any atom is 0.317 e. The van der Waals surface area contributed by atoms with Gasteiger partial charge in [0, 0.05) is 65.3 Å². The number of nitrogens with zero attached hydrogens (tertiary/aromatic N) is 4. The maximum absolute atomic E-state index is 12.6. The first-order valence-corrected chi connectivity index (χ1v) is 11.1. The molecule has 0 spiro atoms. The Morgan fingerprint density at radius 1 is 0.931 bits per heavy atom. The van der Waals surface area contributed by atoms with Crippen LogP contribution >= 0.6 is 0 Å². The van der Waals surface area contributed by atoms with Crippen LogP contribution in [0.2, 0.25) is 0 Å². The van der Waals surface area contributed by atoms with E-state index in [1.807, 2.05) is 18.7 Å². The summed E-state index contributed by atoms with van der Waals surface area (Å²) in [6, 6.07) is -0.123. The number of piperidine rings is 1. The molecule has 4 amide bonds. The molecule has 0 unspecified atom stereocenters. The molecule has 0 radical (unpaired) electrons. The van der Waals surface area contributed by atoms with Crippen molar-refractivity contribution in [3.8, 4) is 0 Å². The summed E-state index contributed by atoms with van der Waals surface area (Å²) < 4.78 is 0. The van der Waals surface area contributed by atoms with E-state index in [9.17, 15) is 14.4 Å². The van der Waals surface area contributed by atoms with Gasteiger partial charge < -0.3 is 20.0 Å². The van der Waals surface area contributed by atoms with Gasteiger partial charge in [-0.15, -0.1) is 0 Å². The molecule has 2 aliphatic rings. The highest BCUT2D eigenvalue weighted by Gasteiger charge is 2.28. The zero-order valence-corrected chi connectivity index (χ0v) is 18.7. The van der Waals surface area contributed by atoms with Gasteiger partial charge in [0.1, 0.15) is 0 Å². The summed E-state index contributed by atoms with van der Waals surface area (Å²) in [5.74, 6) is 1.41. The van der Waals surface area contributed by atoms with Crippen LogP contribution < -0.4 is 5.32 Å². The summed E-state index contributed by atoms with van der Waals surface area (Å²) in [5.41, 5.74) is 0. The second-order valence-corrected chi connectivity index (χ2v) is 8.56. The fourth-order valence-electron chi connectivity index (χ4n) is 4.39. The molecule has 2 fully saturated rings. The van der Waals surface area contributed by atoms with Crippen molar-refractivity contribution in [1.29, 1.82) is 0 Å². The van der Waals surface area contributed by atoms with Crippen molar-refractivity contribution in [3.63, 3.8) is 0 Å². The second-order valence-electron chi connectivity index (χ2n) is 8.56. The number of likely N-dealkylation sites (tertiary alicyclic amines) is 1. The van der Waals surface area contributed by atoms with E-state index in [2.05, 4.69) is 24.1 Å². The molecule has 2 atom stereocenters. The molecule has 2 saturated heterocycles. The summed E-state index contributed by atoms with van der Waals surface area (Å²) in [5, 5.41) is 2.85. The normalized spacial score (nSPS) is 23.0. The first-order valence-electron chi connectivity index (χ1n) is 11.1. The van der Waals surface area contributed by atoms with Gasteiger partial charge in [0.2, 0.25) is 11.8 Å². The minimum atomic E-state index is -0.123. The predicted molar refractivity (Wildman–Crippen MR) is 113 cm³/mol. The van der Waals surface area contributed by atoms with Crippen molar-refractivity contribution in [1.82, 2.24) is 24.9 Å². The van der Waals surface area contributed by atoms with Gasteiger partial charge in [-0.3, -0.25) is 14.5 Å². The fourth-order valence-corrected chi connectivity index (χ4v) is 4.39. The predicted octanol–water partition coefficient (Wildman–Crippen LogP) is 1.08. The SMILES string of the molecule is CCN(CC)C(=O)CCNC(=O)N1CCN(CC(=O)N2C[C@@H](C)C[C@H](C)C2)CC1. The van der Waals surface area contributed by atoms with Gasteiger partial charge in [0.15, 0.2) is 0 Å². The number of hydrogen-bond donors (Lipinski definition) is 1. The molecular formula is C21H39N5O3. The molecule has 0 aliphatic carbocycles. The van der Waals surface area contributed by atoms with Gasteiger partial charge >= 0.3 is 6.03 Å². The molecule has 8 heteroatoms. The standard InChI is InChI=1S/C21H39N5O3/c1-5-24(6-2)19(27)7-8-22-21(29)25-11-9-23(10-12-25)16-20(28)26-14-17(3)13-18(4)15-26/h17-18H,5-16H2,1-4H3,(H,22,29)/t17-,18-/m0/s1. The molecule has 0 saturated carbocycles. The van der Waals surface area contributed by atoms with Crippen molar-refractivity contribution in [2.75, 3.05) is 65.4 Å². The van der Waals surface area contributed by atoms with E-state index in [1.165, 1.54) is 6.42 Å². The van der Waals surface area contributed by atoms with Gasteiger partial charge in [-0.1, -0.05) is 13.8 Å². The average molecular weight is 410 g/mol. The summed E-state index contributed by atoms with van der Waals surface area (Å²) in [4.78, 5) is 44.7. The lowest BCUT2D eigenvalue weighted by Crippen LogP contribution is -2.54. The smallest absolute Gasteiger partial charge is 0.317 e. The van der Waals surface area contributed by atoms with E-state index >= 15 is 0 Å². The van der Waals surface area contributed by atoms with Crippen LogP contribution in [0.1, 0.15) is 40.5 Å². The van der Waals surface area contributed by atoms with Crippen LogP contribution in [0, 0.1) is 11.8 Å². The first-order chi connectivity index (χ1) is 13.8. The third kappa shape index (κ3) is 7.17. The quantitative estimate of drug-likeness (QED) is 0.683. The van der Waals surface area contributed by atoms with Crippen LogP contribution in [0.5, 0.6) is 0 Å². The van der Waals surface area contributed by atoms with Crippen molar-refractivity contribution in [2.24, 2.45) is 11.8 Å². The molecule has 0 aromatic heterocycles. The molecule has 166 valence electrons. The van der Waals surface area contributed by atoms with Gasteiger partial charge in [-0.25, -0.2) is 4.79 Å². The average Bonchev–Trinajstić information content (AvgIpc) is 2.68. The van der Waals surface area contributed by atoms with Crippen LogP contribution in [0.3, 0.4) is 0 Å². The zero-order valence-electron chi connectivity index (χ0n) is 18.7. The van der Waals surface area contributed by atoms with E-state index < -0.39 is 0 Å². The van der Waals surface area contributed by atoms with E-state index in [1.54, 1.807) is 9.80 Å². The van der Waals surface area contributed by atoms with Crippen molar-refractivity contribution >= 4 is 17.8 Å². The molecule has 1 N–H and O–H groups in total. The van der Waals surface area contributed by atoms with E-state index in [0.717, 1.165) is 13.1 Å². The molecule has 2 rings (SSSR count). The zero-order chi connectivity index (χ0) is 21.4. The monoisotopic (exact) mass is 409 g/mol. The number of urea groups is 1. The number of hydrogen-bond acceptors (Lipinski definition) is 4. The van der Waals surface area contributed by atoms with Crippen LogP contribution in [0.25, 0.3) is 0 Å². The van der Waals surface area contributed by atoms with Crippen LogP contribution in [0.4, 0.5) is 4.79 Å². The Bertz CT molecular complexity index is 549. The van der Waals surface area contributed by atoms with Crippen molar-refractivity contribution < 1.29 is 14.4 Å². The molecule has 0 aromatic carbocycles. The highest BCUT2D eigenvalue weighted by molar-refractivity contribution is 5.79. The summed E-state index contributed by atoms with van der Waals surface area (Å²) >= 11 is 0. The van der Waals surface area contributed by atoms with Crippen LogP contribution in [0.15, 0.2) is 0 Å². The van der Waals surface area contributed by atoms with E-state index in [4.69, 9.17) is 0 Å². The highest BCUT2D eigenvalue weighted by atomic mass is 16.2. The van der Waals surface area contributed by atoms with Crippen LogP contribution in [-0.2, 0) is 9.59 Å². The maximum atomic E-state index is 12.6. The minimum absolute atomic E-state index is 0.0694. The molecule has 0 bridgehead atoms. The first kappa shape index (κ1) is 23.4. The third-order valence-electron chi connectivity index (χ3n) is 5.97.